The zero-order valence-corrected chi connectivity index (χ0v) is 14.2. The minimum Gasteiger partial charge on any atom is -0.354 e. The Balaban J connectivity index is 1.96. The van der Waals surface area contributed by atoms with Gasteiger partial charge in [-0.05, 0) is 19.1 Å². The van der Waals surface area contributed by atoms with Crippen LogP contribution in [0, 0.1) is 0 Å². The number of hydrogen-bond acceptors (Lipinski definition) is 4. The maximum absolute atomic E-state index is 13.3. The zero-order chi connectivity index (χ0) is 17.0. The van der Waals surface area contributed by atoms with E-state index in [2.05, 4.69) is 10.6 Å². The lowest BCUT2D eigenvalue weighted by atomic mass is 10.1. The summed E-state index contributed by atoms with van der Waals surface area (Å²) in [5, 5.41) is 5.46. The molecule has 1 aromatic rings. The third-order valence-corrected chi connectivity index (χ3v) is 5.27. The fraction of sp³-hybridized carbons (Fsp3) is 0.643. The SMILES string of the molecule is CC(C(=O)NCC(N1CCNCC1)C(F)(F)F)c1ccc(Cl)s1. The molecule has 2 heterocycles. The summed E-state index contributed by atoms with van der Waals surface area (Å²) in [6.07, 6.45) is -4.37. The van der Waals surface area contributed by atoms with Gasteiger partial charge in [0, 0.05) is 37.6 Å². The Kier molecular flexibility index (Phi) is 6.30. The number of carbonyl (C=O) groups excluding carboxylic acids is 1. The first kappa shape index (κ1) is 18.5. The van der Waals surface area contributed by atoms with Gasteiger partial charge in [-0.25, -0.2) is 0 Å². The van der Waals surface area contributed by atoms with E-state index in [0.29, 0.717) is 30.5 Å². The Hall–Kier alpha value is -0.830. The number of alkyl halides is 3. The maximum atomic E-state index is 13.3. The molecule has 0 aromatic carbocycles. The van der Waals surface area contributed by atoms with Crippen LogP contribution in [0.15, 0.2) is 12.1 Å². The summed E-state index contributed by atoms with van der Waals surface area (Å²) >= 11 is 7.08. The number of nitrogens with one attached hydrogen (secondary N) is 2. The Morgan fingerprint density at radius 2 is 2.09 bits per heavy atom. The van der Waals surface area contributed by atoms with Crippen molar-refractivity contribution in [1.29, 1.82) is 0 Å². The van der Waals surface area contributed by atoms with Crippen molar-refractivity contribution in [3.63, 3.8) is 0 Å². The van der Waals surface area contributed by atoms with Gasteiger partial charge in [-0.3, -0.25) is 9.69 Å². The summed E-state index contributed by atoms with van der Waals surface area (Å²) < 4.78 is 40.3. The topological polar surface area (TPSA) is 44.4 Å². The molecule has 4 nitrogen and oxygen atoms in total. The molecule has 2 N–H and O–H groups in total. The quantitative estimate of drug-likeness (QED) is 0.838. The summed E-state index contributed by atoms with van der Waals surface area (Å²) in [7, 11) is 0. The number of piperazine rings is 1. The van der Waals surface area contributed by atoms with Crippen molar-refractivity contribution in [1.82, 2.24) is 15.5 Å². The molecule has 0 saturated carbocycles. The first-order chi connectivity index (χ1) is 10.8. The summed E-state index contributed by atoms with van der Waals surface area (Å²) in [5.74, 6) is -0.947. The molecule has 23 heavy (non-hydrogen) atoms. The predicted molar refractivity (Wildman–Crippen MR) is 85.0 cm³/mol. The molecule has 1 aromatic heterocycles. The van der Waals surface area contributed by atoms with E-state index in [-0.39, 0.29) is 0 Å². The van der Waals surface area contributed by atoms with Gasteiger partial charge in [-0.15, -0.1) is 11.3 Å². The summed E-state index contributed by atoms with van der Waals surface area (Å²) in [6, 6.07) is 1.73. The fourth-order valence-corrected chi connectivity index (χ4v) is 3.60. The molecule has 1 aliphatic rings. The van der Waals surface area contributed by atoms with Crippen molar-refractivity contribution >= 4 is 28.8 Å². The normalized spacial score (nSPS) is 19.3. The average Bonchev–Trinajstić information content (AvgIpc) is 2.92. The van der Waals surface area contributed by atoms with E-state index in [9.17, 15) is 18.0 Å². The second kappa shape index (κ2) is 7.83. The number of hydrogen-bond donors (Lipinski definition) is 2. The van der Waals surface area contributed by atoms with Crippen LogP contribution >= 0.6 is 22.9 Å². The smallest absolute Gasteiger partial charge is 0.354 e. The molecule has 2 atom stereocenters. The summed E-state index contributed by atoms with van der Waals surface area (Å²) in [6.45, 7) is 2.89. The average molecular weight is 370 g/mol. The fourth-order valence-electron chi connectivity index (χ4n) is 2.49. The Bertz CT molecular complexity index is 532. The largest absolute Gasteiger partial charge is 0.405 e. The lowest BCUT2D eigenvalue weighted by Gasteiger charge is -2.36. The van der Waals surface area contributed by atoms with E-state index >= 15 is 0 Å². The van der Waals surface area contributed by atoms with Gasteiger partial charge in [-0.2, -0.15) is 13.2 Å². The highest BCUT2D eigenvalue weighted by Gasteiger charge is 2.44. The lowest BCUT2D eigenvalue weighted by molar-refractivity contribution is -0.184. The molecule has 1 saturated heterocycles. The Labute approximate surface area is 142 Å². The molecule has 1 fully saturated rings. The summed E-state index contributed by atoms with van der Waals surface area (Å²) in [5.41, 5.74) is 0. The molecular formula is C14H19ClF3N3OS. The molecular weight excluding hydrogens is 351 g/mol. The van der Waals surface area contributed by atoms with Crippen molar-refractivity contribution in [2.75, 3.05) is 32.7 Å². The first-order valence-corrected chi connectivity index (χ1v) is 8.53. The number of amides is 1. The number of halogens is 4. The standard InChI is InChI=1S/C14H19ClF3N3OS/c1-9(10-2-3-12(15)23-10)13(22)20-8-11(14(16,17)18)21-6-4-19-5-7-21/h2-3,9,11,19H,4-8H2,1H3,(H,20,22). The van der Waals surface area contributed by atoms with Crippen LogP contribution in [0.2, 0.25) is 4.34 Å². The molecule has 0 aliphatic carbocycles. The van der Waals surface area contributed by atoms with Crippen molar-refractivity contribution in [2.24, 2.45) is 0 Å². The molecule has 9 heteroatoms. The van der Waals surface area contributed by atoms with Crippen molar-refractivity contribution < 1.29 is 18.0 Å². The van der Waals surface area contributed by atoms with Gasteiger partial charge in [-0.1, -0.05) is 11.6 Å². The first-order valence-electron chi connectivity index (χ1n) is 7.33. The summed E-state index contributed by atoms with van der Waals surface area (Å²) in [4.78, 5) is 14.2. The predicted octanol–water partition coefficient (Wildman–Crippen LogP) is 2.46. The highest BCUT2D eigenvalue weighted by Crippen LogP contribution is 2.29. The third-order valence-electron chi connectivity index (χ3n) is 3.85. The van der Waals surface area contributed by atoms with E-state index in [1.165, 1.54) is 16.2 Å². The van der Waals surface area contributed by atoms with Gasteiger partial charge in [0.1, 0.15) is 6.04 Å². The molecule has 0 radical (unpaired) electrons. The number of nitrogens with zero attached hydrogens (tertiary/aromatic N) is 1. The van der Waals surface area contributed by atoms with Crippen LogP contribution in [0.1, 0.15) is 17.7 Å². The second-order valence-corrected chi connectivity index (χ2v) is 7.20. The van der Waals surface area contributed by atoms with Gasteiger partial charge >= 0.3 is 6.18 Å². The van der Waals surface area contributed by atoms with Gasteiger partial charge in [0.2, 0.25) is 5.91 Å². The Morgan fingerprint density at radius 3 is 2.61 bits per heavy atom. The van der Waals surface area contributed by atoms with E-state index in [1.807, 2.05) is 0 Å². The zero-order valence-electron chi connectivity index (χ0n) is 12.6. The highest BCUT2D eigenvalue weighted by atomic mass is 35.5. The second-order valence-electron chi connectivity index (χ2n) is 5.45. The number of rotatable bonds is 5. The van der Waals surface area contributed by atoms with Crippen LogP contribution in [0.5, 0.6) is 0 Å². The van der Waals surface area contributed by atoms with Crippen LogP contribution in [0.25, 0.3) is 0 Å². The van der Waals surface area contributed by atoms with Crippen LogP contribution < -0.4 is 10.6 Å². The minimum absolute atomic E-state index is 0.316. The van der Waals surface area contributed by atoms with Crippen molar-refractivity contribution in [3.05, 3.63) is 21.3 Å². The van der Waals surface area contributed by atoms with Gasteiger partial charge in [0.25, 0.3) is 0 Å². The number of thiophene rings is 1. The highest BCUT2D eigenvalue weighted by molar-refractivity contribution is 7.16. The van der Waals surface area contributed by atoms with E-state index < -0.39 is 30.6 Å². The van der Waals surface area contributed by atoms with Crippen LogP contribution in [-0.2, 0) is 4.79 Å². The Morgan fingerprint density at radius 1 is 1.43 bits per heavy atom. The van der Waals surface area contributed by atoms with Gasteiger partial charge in [0.15, 0.2) is 0 Å². The molecule has 2 rings (SSSR count). The molecule has 2 unspecified atom stereocenters. The van der Waals surface area contributed by atoms with Crippen LogP contribution in [0.4, 0.5) is 13.2 Å². The van der Waals surface area contributed by atoms with Crippen LogP contribution in [0.3, 0.4) is 0 Å². The molecule has 0 bridgehead atoms. The third kappa shape index (κ3) is 5.07. The van der Waals surface area contributed by atoms with Crippen LogP contribution in [-0.4, -0.2) is 55.7 Å². The van der Waals surface area contributed by atoms with E-state index in [4.69, 9.17) is 11.6 Å². The molecule has 0 spiro atoms. The van der Waals surface area contributed by atoms with Crippen molar-refractivity contribution in [3.8, 4) is 0 Å². The van der Waals surface area contributed by atoms with Gasteiger partial charge < -0.3 is 10.6 Å². The molecule has 1 aliphatic heterocycles. The van der Waals surface area contributed by atoms with Gasteiger partial charge in [0.05, 0.1) is 10.3 Å². The van der Waals surface area contributed by atoms with E-state index in [1.54, 1.807) is 19.1 Å². The maximum Gasteiger partial charge on any atom is 0.405 e. The molecule has 1 amide bonds. The van der Waals surface area contributed by atoms with E-state index in [0.717, 1.165) is 4.88 Å². The number of carbonyl (C=O) groups is 1. The minimum atomic E-state index is -4.37. The molecule has 130 valence electrons. The lowest BCUT2D eigenvalue weighted by Crippen LogP contribution is -2.57. The van der Waals surface area contributed by atoms with Crippen molar-refractivity contribution in [2.45, 2.75) is 25.1 Å². The monoisotopic (exact) mass is 369 g/mol.